The Balaban J connectivity index is 1.65. The Morgan fingerprint density at radius 3 is 1.77 bits per heavy atom. The molecule has 3 heterocycles. The second kappa shape index (κ2) is 6.84. The van der Waals surface area contributed by atoms with Crippen LogP contribution in [-0.2, 0) is 0 Å². The van der Waals surface area contributed by atoms with Gasteiger partial charge in [0, 0.05) is 27.2 Å². The van der Waals surface area contributed by atoms with Crippen molar-refractivity contribution in [3.8, 4) is 11.7 Å². The Morgan fingerprint density at radius 1 is 0.486 bits per heavy atom. The van der Waals surface area contributed by atoms with Gasteiger partial charge in [0.2, 0.25) is 0 Å². The van der Waals surface area contributed by atoms with Crippen LogP contribution in [0, 0.1) is 0 Å². The molecule has 0 aliphatic heterocycles. The highest BCUT2D eigenvalue weighted by atomic mass is 16.4. The molecule has 0 aliphatic rings. The van der Waals surface area contributed by atoms with Gasteiger partial charge in [-0.2, -0.15) is 4.98 Å². The van der Waals surface area contributed by atoms with Crippen molar-refractivity contribution in [1.82, 2.24) is 14.1 Å². The molecule has 8 aromatic rings. The van der Waals surface area contributed by atoms with Crippen molar-refractivity contribution in [3.63, 3.8) is 0 Å². The molecule has 164 valence electrons. The average Bonchev–Trinajstić information content (AvgIpc) is 3.58. The Kier molecular flexibility index (Phi) is 3.63. The van der Waals surface area contributed by atoms with Crippen LogP contribution in [0.25, 0.3) is 66.4 Å². The van der Waals surface area contributed by atoms with Crippen LogP contribution in [0.15, 0.2) is 120 Å². The van der Waals surface area contributed by atoms with Gasteiger partial charge >= 0.3 is 6.01 Å². The third-order valence-corrected chi connectivity index (χ3v) is 6.96. The van der Waals surface area contributed by atoms with E-state index in [4.69, 9.17) is 9.40 Å². The van der Waals surface area contributed by atoms with E-state index in [0.717, 1.165) is 33.3 Å². The molecular formula is C31H19N3O. The van der Waals surface area contributed by atoms with Crippen LogP contribution >= 0.6 is 0 Å². The molecule has 8 rings (SSSR count). The van der Waals surface area contributed by atoms with Gasteiger partial charge in [0.25, 0.3) is 0 Å². The highest BCUT2D eigenvalue weighted by Gasteiger charge is 2.22. The Hall–Kier alpha value is -4.83. The van der Waals surface area contributed by atoms with Crippen LogP contribution < -0.4 is 0 Å². The van der Waals surface area contributed by atoms with E-state index in [1.54, 1.807) is 0 Å². The highest BCUT2D eigenvalue weighted by molar-refractivity contribution is 6.23. The molecule has 35 heavy (non-hydrogen) atoms. The van der Waals surface area contributed by atoms with Gasteiger partial charge in [-0.25, -0.2) is 0 Å². The molecule has 0 radical (unpaired) electrons. The second-order valence-corrected chi connectivity index (χ2v) is 8.86. The minimum Gasteiger partial charge on any atom is -0.423 e. The molecule has 0 bridgehead atoms. The molecule has 5 aromatic carbocycles. The molecule has 4 heteroatoms. The summed E-state index contributed by atoms with van der Waals surface area (Å²) in [5, 5.41) is 4.78. The molecule has 0 N–H and O–H groups in total. The third-order valence-electron chi connectivity index (χ3n) is 6.96. The number of rotatable bonds is 2. The van der Waals surface area contributed by atoms with Gasteiger partial charge in [0.1, 0.15) is 5.52 Å². The van der Waals surface area contributed by atoms with Crippen molar-refractivity contribution >= 4 is 54.7 Å². The largest absolute Gasteiger partial charge is 0.423 e. The summed E-state index contributed by atoms with van der Waals surface area (Å²) in [6, 6.07) is 40.7. The van der Waals surface area contributed by atoms with Crippen LogP contribution in [0.1, 0.15) is 0 Å². The fourth-order valence-corrected chi connectivity index (χ4v) is 5.50. The van der Waals surface area contributed by atoms with E-state index >= 15 is 0 Å². The molecule has 3 aromatic heterocycles. The summed E-state index contributed by atoms with van der Waals surface area (Å²) >= 11 is 0. The molecule has 0 amide bonds. The maximum atomic E-state index is 6.34. The molecular weight excluding hydrogens is 430 g/mol. The standard InChI is InChI=1S/C31H19N3O/c1-2-10-20(11-3-1)33-26-15-7-4-12-21(26)23-18-19-24-22-13-5-8-16-27(22)34(30(24)29(23)33)31-32-25-14-6-9-17-28(25)35-31/h1-19H. The van der Waals surface area contributed by atoms with Gasteiger partial charge in [-0.15, -0.1) is 0 Å². The van der Waals surface area contributed by atoms with E-state index in [0.29, 0.717) is 6.01 Å². The maximum absolute atomic E-state index is 6.34. The monoisotopic (exact) mass is 449 g/mol. The van der Waals surface area contributed by atoms with Gasteiger partial charge in [-0.1, -0.05) is 78.9 Å². The predicted octanol–water partition coefficient (Wildman–Crippen LogP) is 8.02. The summed E-state index contributed by atoms with van der Waals surface area (Å²) in [6.07, 6.45) is 0. The van der Waals surface area contributed by atoms with Gasteiger partial charge in [-0.05, 0) is 36.4 Å². The Labute approximate surface area is 200 Å². The summed E-state index contributed by atoms with van der Waals surface area (Å²) in [6.45, 7) is 0. The number of benzene rings is 5. The first-order valence-electron chi connectivity index (χ1n) is 11.8. The minimum absolute atomic E-state index is 0.578. The summed E-state index contributed by atoms with van der Waals surface area (Å²) in [5.41, 5.74) is 7.25. The lowest BCUT2D eigenvalue weighted by Crippen LogP contribution is -1.98. The average molecular weight is 450 g/mol. The first-order valence-corrected chi connectivity index (χ1v) is 11.8. The van der Waals surface area contributed by atoms with Crippen molar-refractivity contribution in [2.45, 2.75) is 0 Å². The molecule has 0 saturated heterocycles. The molecule has 0 spiro atoms. The van der Waals surface area contributed by atoms with Crippen molar-refractivity contribution in [1.29, 1.82) is 0 Å². The van der Waals surface area contributed by atoms with Crippen molar-refractivity contribution in [2.75, 3.05) is 0 Å². The van der Waals surface area contributed by atoms with E-state index in [9.17, 15) is 0 Å². The smallest absolute Gasteiger partial charge is 0.307 e. The highest BCUT2D eigenvalue weighted by Crippen LogP contribution is 2.41. The van der Waals surface area contributed by atoms with Crippen LogP contribution in [0.2, 0.25) is 0 Å². The van der Waals surface area contributed by atoms with Gasteiger partial charge in [0.15, 0.2) is 5.58 Å². The topological polar surface area (TPSA) is 35.9 Å². The van der Waals surface area contributed by atoms with Crippen molar-refractivity contribution < 1.29 is 4.42 Å². The van der Waals surface area contributed by atoms with Crippen LogP contribution in [0.4, 0.5) is 0 Å². The SMILES string of the molecule is c1ccc(-n2c3ccccc3c3ccc4c5ccccc5n(-c5nc6ccccc6o5)c4c32)cc1. The first kappa shape index (κ1) is 18.6. The molecule has 0 aliphatic carbocycles. The predicted molar refractivity (Wildman–Crippen MR) is 143 cm³/mol. The summed E-state index contributed by atoms with van der Waals surface area (Å²) < 4.78 is 10.9. The normalized spacial score (nSPS) is 12.0. The first-order chi connectivity index (χ1) is 17.4. The molecule has 0 unspecified atom stereocenters. The lowest BCUT2D eigenvalue weighted by atomic mass is 10.1. The molecule has 4 nitrogen and oxygen atoms in total. The number of hydrogen-bond acceptors (Lipinski definition) is 2. The van der Waals surface area contributed by atoms with Crippen molar-refractivity contribution in [2.24, 2.45) is 0 Å². The number of nitrogens with zero attached hydrogens (tertiary/aromatic N) is 3. The number of fused-ring (bicyclic) bond motifs is 8. The van der Waals surface area contributed by atoms with E-state index in [1.807, 2.05) is 24.3 Å². The Bertz CT molecular complexity index is 2030. The summed E-state index contributed by atoms with van der Waals surface area (Å²) in [5.74, 6) is 0. The number of hydrogen-bond donors (Lipinski definition) is 0. The summed E-state index contributed by atoms with van der Waals surface area (Å²) in [4.78, 5) is 4.91. The molecule has 0 saturated carbocycles. The zero-order valence-corrected chi connectivity index (χ0v) is 18.7. The van der Waals surface area contributed by atoms with Gasteiger partial charge in [0.05, 0.1) is 22.1 Å². The van der Waals surface area contributed by atoms with E-state index in [1.165, 1.54) is 27.1 Å². The fraction of sp³-hybridized carbons (Fsp3) is 0. The molecule has 0 atom stereocenters. The second-order valence-electron chi connectivity index (χ2n) is 8.86. The number of oxazole rings is 1. The maximum Gasteiger partial charge on any atom is 0.307 e. The minimum atomic E-state index is 0.578. The Morgan fingerprint density at radius 2 is 1.06 bits per heavy atom. The lowest BCUT2D eigenvalue weighted by Gasteiger charge is -2.10. The lowest BCUT2D eigenvalue weighted by molar-refractivity contribution is 0.574. The molecule has 0 fully saturated rings. The fourth-order valence-electron chi connectivity index (χ4n) is 5.50. The quantitative estimate of drug-likeness (QED) is 0.268. The third kappa shape index (κ3) is 2.48. The van der Waals surface area contributed by atoms with E-state index < -0.39 is 0 Å². The van der Waals surface area contributed by atoms with Gasteiger partial charge < -0.3 is 8.98 Å². The number of para-hydroxylation sites is 5. The zero-order valence-electron chi connectivity index (χ0n) is 18.7. The number of aromatic nitrogens is 3. The zero-order chi connectivity index (χ0) is 22.9. The van der Waals surface area contributed by atoms with Crippen LogP contribution in [-0.4, -0.2) is 14.1 Å². The van der Waals surface area contributed by atoms with E-state index in [2.05, 4.69) is 100 Å². The van der Waals surface area contributed by atoms with Crippen LogP contribution in [0.3, 0.4) is 0 Å². The van der Waals surface area contributed by atoms with Crippen LogP contribution in [0.5, 0.6) is 0 Å². The summed E-state index contributed by atoms with van der Waals surface area (Å²) in [7, 11) is 0. The van der Waals surface area contributed by atoms with E-state index in [-0.39, 0.29) is 0 Å². The van der Waals surface area contributed by atoms with Gasteiger partial charge in [-0.3, -0.25) is 4.57 Å². The van der Waals surface area contributed by atoms with Crippen molar-refractivity contribution in [3.05, 3.63) is 115 Å².